The molecule has 2 heterocycles. The fourth-order valence-electron chi connectivity index (χ4n) is 5.47. The molecule has 1 atom stereocenters. The van der Waals surface area contributed by atoms with Gasteiger partial charge >= 0.3 is 0 Å². The number of aryl methyl sites for hydroxylation is 2. The summed E-state index contributed by atoms with van der Waals surface area (Å²) >= 11 is 0. The number of rotatable bonds is 11. The van der Waals surface area contributed by atoms with Crippen molar-refractivity contribution in [1.29, 1.82) is 0 Å². The quantitative estimate of drug-likeness (QED) is 0.333. The number of hydrogen-bond donors (Lipinski definition) is 1. The fraction of sp³-hybridized carbons (Fsp3) is 0.469. The minimum Gasteiger partial charge on any atom is -0.330 e. The minimum absolute atomic E-state index is 0.00867. The molecule has 1 unspecified atom stereocenters. The Bertz CT molecular complexity index is 1340. The topological polar surface area (TPSA) is 67.2 Å². The molecular weight excluding hydrogens is 491 g/mol. The van der Waals surface area contributed by atoms with Crippen LogP contribution in [0.3, 0.4) is 0 Å². The third kappa shape index (κ3) is 6.64. The molecule has 0 fully saturated rings. The maximum Gasteiger partial charge on any atom is 0.257 e. The SMILES string of the molecule is CCNCCCN(C(=O)c1ccc(C)c(F)c1)C(c1nc2n(c(=O)c1Cc1ccccc1)CCCC2)C(C)C. The Morgan fingerprint density at radius 2 is 1.92 bits per heavy atom. The first-order chi connectivity index (χ1) is 18.8. The first-order valence-electron chi connectivity index (χ1n) is 14.3. The molecule has 1 aromatic heterocycles. The van der Waals surface area contributed by atoms with Gasteiger partial charge in [-0.3, -0.25) is 14.2 Å². The van der Waals surface area contributed by atoms with Gasteiger partial charge in [-0.05, 0) is 68.5 Å². The molecular formula is C32H41FN4O2. The second-order valence-corrected chi connectivity index (χ2v) is 10.8. The van der Waals surface area contributed by atoms with Crippen LogP contribution in [0.1, 0.15) is 84.6 Å². The first-order valence-corrected chi connectivity index (χ1v) is 14.3. The van der Waals surface area contributed by atoms with Crippen LogP contribution in [0.2, 0.25) is 0 Å². The van der Waals surface area contributed by atoms with Crippen molar-refractivity contribution in [3.05, 3.63) is 98.5 Å². The van der Waals surface area contributed by atoms with E-state index in [9.17, 15) is 14.0 Å². The van der Waals surface area contributed by atoms with Gasteiger partial charge in [-0.2, -0.15) is 0 Å². The van der Waals surface area contributed by atoms with E-state index < -0.39 is 11.9 Å². The maximum atomic E-state index is 14.5. The lowest BCUT2D eigenvalue weighted by Crippen LogP contribution is -2.42. The number of hydrogen-bond acceptors (Lipinski definition) is 4. The van der Waals surface area contributed by atoms with Gasteiger partial charge in [0.05, 0.1) is 11.7 Å². The van der Waals surface area contributed by atoms with Gasteiger partial charge in [-0.25, -0.2) is 9.37 Å². The number of fused-ring (bicyclic) bond motifs is 1. The van der Waals surface area contributed by atoms with Crippen LogP contribution in [0.25, 0.3) is 0 Å². The number of amides is 1. The third-order valence-electron chi connectivity index (χ3n) is 7.56. The second kappa shape index (κ2) is 13.2. The number of carbonyl (C=O) groups is 1. The zero-order valence-corrected chi connectivity index (χ0v) is 23.7. The second-order valence-electron chi connectivity index (χ2n) is 10.8. The molecule has 208 valence electrons. The molecule has 6 nitrogen and oxygen atoms in total. The lowest BCUT2D eigenvalue weighted by molar-refractivity contribution is 0.0611. The summed E-state index contributed by atoms with van der Waals surface area (Å²) in [7, 11) is 0. The van der Waals surface area contributed by atoms with Crippen molar-refractivity contribution in [3.8, 4) is 0 Å². The van der Waals surface area contributed by atoms with Crippen LogP contribution < -0.4 is 10.9 Å². The lowest BCUT2D eigenvalue weighted by atomic mass is 9.91. The average Bonchev–Trinajstić information content (AvgIpc) is 2.93. The summed E-state index contributed by atoms with van der Waals surface area (Å²) in [6, 6.07) is 14.2. The van der Waals surface area contributed by atoms with Crippen molar-refractivity contribution in [3.63, 3.8) is 0 Å². The van der Waals surface area contributed by atoms with E-state index in [4.69, 9.17) is 4.98 Å². The number of benzene rings is 2. The summed E-state index contributed by atoms with van der Waals surface area (Å²) in [5.74, 6) is 0.139. The zero-order chi connectivity index (χ0) is 27.9. The smallest absolute Gasteiger partial charge is 0.257 e. The number of nitrogens with zero attached hydrogens (tertiary/aromatic N) is 3. The molecule has 2 aromatic carbocycles. The van der Waals surface area contributed by atoms with Gasteiger partial charge in [0.15, 0.2) is 0 Å². The van der Waals surface area contributed by atoms with Crippen LogP contribution in [-0.4, -0.2) is 40.0 Å². The van der Waals surface area contributed by atoms with Crippen LogP contribution in [0, 0.1) is 18.7 Å². The molecule has 7 heteroatoms. The van der Waals surface area contributed by atoms with Gasteiger partial charge in [-0.1, -0.05) is 57.2 Å². The van der Waals surface area contributed by atoms with Crippen molar-refractivity contribution in [2.45, 2.75) is 72.4 Å². The Labute approximate surface area is 231 Å². The first kappa shape index (κ1) is 28.7. The highest BCUT2D eigenvalue weighted by molar-refractivity contribution is 5.94. The molecule has 1 N–H and O–H groups in total. The third-order valence-corrected chi connectivity index (χ3v) is 7.56. The number of aromatic nitrogens is 2. The van der Waals surface area contributed by atoms with E-state index in [0.717, 1.165) is 50.2 Å². The Morgan fingerprint density at radius 3 is 2.62 bits per heavy atom. The van der Waals surface area contributed by atoms with Gasteiger partial charge < -0.3 is 10.2 Å². The van der Waals surface area contributed by atoms with Crippen LogP contribution in [-0.2, 0) is 19.4 Å². The minimum atomic E-state index is -0.428. The molecule has 0 radical (unpaired) electrons. The molecule has 3 aromatic rings. The van der Waals surface area contributed by atoms with Crippen LogP contribution >= 0.6 is 0 Å². The Hall–Kier alpha value is -3.32. The van der Waals surface area contributed by atoms with Gasteiger partial charge in [-0.15, -0.1) is 0 Å². The predicted octanol–water partition coefficient (Wildman–Crippen LogP) is 5.46. The van der Waals surface area contributed by atoms with Crippen molar-refractivity contribution < 1.29 is 9.18 Å². The maximum absolute atomic E-state index is 14.5. The highest BCUT2D eigenvalue weighted by atomic mass is 19.1. The van der Waals surface area contributed by atoms with Crippen LogP contribution in [0.5, 0.6) is 0 Å². The number of halogens is 1. The molecule has 0 aliphatic carbocycles. The molecule has 1 aliphatic heterocycles. The fourth-order valence-corrected chi connectivity index (χ4v) is 5.47. The lowest BCUT2D eigenvalue weighted by Gasteiger charge is -2.36. The Balaban J connectivity index is 1.85. The summed E-state index contributed by atoms with van der Waals surface area (Å²) < 4.78 is 16.4. The zero-order valence-electron chi connectivity index (χ0n) is 23.7. The van der Waals surface area contributed by atoms with Crippen LogP contribution in [0.4, 0.5) is 4.39 Å². The van der Waals surface area contributed by atoms with Gasteiger partial charge in [0.25, 0.3) is 11.5 Å². The van der Waals surface area contributed by atoms with Gasteiger partial charge in [0.2, 0.25) is 0 Å². The average molecular weight is 533 g/mol. The van der Waals surface area contributed by atoms with Crippen LogP contribution in [0.15, 0.2) is 53.3 Å². The largest absolute Gasteiger partial charge is 0.330 e. The summed E-state index contributed by atoms with van der Waals surface area (Å²) in [6.45, 7) is 10.6. The molecule has 0 bridgehead atoms. The predicted molar refractivity (Wildman–Crippen MR) is 154 cm³/mol. The standard InChI is InChI=1S/C32H41FN4O2/c1-5-34-17-11-19-37(31(38)25-16-15-23(4)27(33)21-25)30(22(2)3)29-26(20-24-12-7-6-8-13-24)32(39)36-18-10-9-14-28(36)35-29/h6-8,12-13,15-16,21-22,30,34H,5,9-11,14,17-20H2,1-4H3. The van der Waals surface area contributed by atoms with Crippen molar-refractivity contribution in [2.24, 2.45) is 5.92 Å². The number of carbonyl (C=O) groups excluding carboxylic acids is 1. The molecule has 0 spiro atoms. The number of nitrogens with one attached hydrogen (secondary N) is 1. The summed E-state index contributed by atoms with van der Waals surface area (Å²) in [6.07, 6.45) is 3.87. The Kier molecular flexibility index (Phi) is 9.68. The molecule has 1 amide bonds. The molecule has 0 saturated heterocycles. The molecule has 1 aliphatic rings. The van der Waals surface area contributed by atoms with E-state index >= 15 is 0 Å². The van der Waals surface area contributed by atoms with E-state index in [1.807, 2.05) is 39.8 Å². The van der Waals surface area contributed by atoms with E-state index in [1.165, 1.54) is 6.07 Å². The van der Waals surface area contributed by atoms with Gasteiger partial charge in [0, 0.05) is 37.1 Å². The van der Waals surface area contributed by atoms with Crippen molar-refractivity contribution >= 4 is 5.91 Å². The normalized spacial score (nSPS) is 13.8. The van der Waals surface area contributed by atoms with E-state index in [-0.39, 0.29) is 17.4 Å². The van der Waals surface area contributed by atoms with Crippen molar-refractivity contribution in [2.75, 3.05) is 19.6 Å². The van der Waals surface area contributed by atoms with Crippen molar-refractivity contribution in [1.82, 2.24) is 19.8 Å². The molecule has 39 heavy (non-hydrogen) atoms. The highest BCUT2D eigenvalue weighted by Gasteiger charge is 2.34. The van der Waals surface area contributed by atoms with E-state index in [2.05, 4.69) is 26.1 Å². The Morgan fingerprint density at radius 1 is 1.15 bits per heavy atom. The summed E-state index contributed by atoms with van der Waals surface area (Å²) in [5.41, 5.74) is 3.15. The van der Waals surface area contributed by atoms with E-state index in [1.54, 1.807) is 19.1 Å². The molecule has 4 rings (SSSR count). The highest BCUT2D eigenvalue weighted by Crippen LogP contribution is 2.32. The summed E-state index contributed by atoms with van der Waals surface area (Å²) in [4.78, 5) is 35.0. The monoisotopic (exact) mass is 532 g/mol. The summed E-state index contributed by atoms with van der Waals surface area (Å²) in [5, 5.41) is 3.33. The van der Waals surface area contributed by atoms with Gasteiger partial charge in [0.1, 0.15) is 11.6 Å². The van der Waals surface area contributed by atoms with E-state index in [0.29, 0.717) is 41.9 Å². The molecule has 0 saturated carbocycles.